The molecule has 2 aromatic rings. The van der Waals surface area contributed by atoms with Gasteiger partial charge in [-0.3, -0.25) is 4.79 Å². The summed E-state index contributed by atoms with van der Waals surface area (Å²) < 4.78 is 15.9. The molecule has 1 N–H and O–H groups in total. The monoisotopic (exact) mass is 301 g/mol. The van der Waals surface area contributed by atoms with Crippen LogP contribution in [0.1, 0.15) is 5.56 Å². The van der Waals surface area contributed by atoms with Crippen LogP contribution < -0.4 is 19.8 Å². The highest BCUT2D eigenvalue weighted by Gasteiger charge is 2.18. The molecule has 7 heteroatoms. The molecule has 0 bridgehead atoms. The van der Waals surface area contributed by atoms with E-state index in [9.17, 15) is 4.79 Å². The molecule has 22 heavy (non-hydrogen) atoms. The summed E-state index contributed by atoms with van der Waals surface area (Å²) in [5, 5.41) is 15.2. The van der Waals surface area contributed by atoms with Gasteiger partial charge in [0.05, 0.1) is 39.5 Å². The molecule has 1 aromatic heterocycles. The third kappa shape index (κ3) is 2.72. The van der Waals surface area contributed by atoms with Crippen molar-refractivity contribution >= 4 is 0 Å². The predicted octanol–water partition coefficient (Wildman–Crippen LogP) is 1.53. The summed E-state index contributed by atoms with van der Waals surface area (Å²) in [6.45, 7) is 0. The van der Waals surface area contributed by atoms with Crippen LogP contribution in [0.3, 0.4) is 0 Å². The van der Waals surface area contributed by atoms with Gasteiger partial charge in [0.2, 0.25) is 5.75 Å². The Morgan fingerprint density at radius 1 is 1.18 bits per heavy atom. The smallest absolute Gasteiger partial charge is 0.268 e. The number of nitrogens with zero attached hydrogens (tertiary/aromatic N) is 2. The van der Waals surface area contributed by atoms with Crippen molar-refractivity contribution in [3.05, 3.63) is 34.1 Å². The number of methoxy groups -OCH3 is 3. The van der Waals surface area contributed by atoms with E-state index in [2.05, 4.69) is 10.2 Å². The summed E-state index contributed by atoms with van der Waals surface area (Å²) >= 11 is 0. The molecule has 0 unspecified atom stereocenters. The number of hydrogen-bond acceptors (Lipinski definition) is 6. The van der Waals surface area contributed by atoms with Gasteiger partial charge in [-0.15, -0.1) is 0 Å². The molecule has 0 saturated carbocycles. The lowest BCUT2D eigenvalue weighted by molar-refractivity contribution is 0.325. The Kier molecular flexibility index (Phi) is 4.63. The van der Waals surface area contributed by atoms with Crippen LogP contribution >= 0.6 is 0 Å². The Morgan fingerprint density at radius 2 is 1.91 bits per heavy atom. The molecule has 1 aromatic carbocycles. The molecule has 114 valence electrons. The normalized spacial score (nSPS) is 9.91. The van der Waals surface area contributed by atoms with Crippen molar-refractivity contribution in [3.63, 3.8) is 0 Å². The Balaban J connectivity index is 2.65. The van der Waals surface area contributed by atoms with E-state index in [4.69, 9.17) is 19.5 Å². The second-order valence-electron chi connectivity index (χ2n) is 4.32. The first-order valence-corrected chi connectivity index (χ1v) is 6.41. The van der Waals surface area contributed by atoms with Crippen LogP contribution in [-0.2, 0) is 6.42 Å². The average Bonchev–Trinajstić information content (AvgIpc) is 2.55. The molecule has 0 atom stereocenters. The maximum Gasteiger partial charge on any atom is 0.268 e. The molecule has 0 fully saturated rings. The van der Waals surface area contributed by atoms with Crippen molar-refractivity contribution in [1.29, 1.82) is 5.26 Å². The van der Waals surface area contributed by atoms with Crippen molar-refractivity contribution in [3.8, 4) is 34.6 Å². The van der Waals surface area contributed by atoms with Crippen LogP contribution in [-0.4, -0.2) is 31.5 Å². The molecule has 0 aliphatic heterocycles. The van der Waals surface area contributed by atoms with Gasteiger partial charge >= 0.3 is 0 Å². The van der Waals surface area contributed by atoms with E-state index in [1.54, 1.807) is 18.2 Å². The van der Waals surface area contributed by atoms with Crippen molar-refractivity contribution in [1.82, 2.24) is 10.2 Å². The van der Waals surface area contributed by atoms with Crippen molar-refractivity contribution in [2.45, 2.75) is 6.42 Å². The highest BCUT2D eigenvalue weighted by molar-refractivity contribution is 5.74. The van der Waals surface area contributed by atoms with Crippen molar-refractivity contribution in [2.24, 2.45) is 0 Å². The molecule has 2 rings (SSSR count). The number of benzene rings is 1. The van der Waals surface area contributed by atoms with Crippen LogP contribution in [0.25, 0.3) is 11.3 Å². The maximum atomic E-state index is 11.6. The predicted molar refractivity (Wildman–Crippen MR) is 79.3 cm³/mol. The van der Waals surface area contributed by atoms with E-state index in [0.717, 1.165) is 0 Å². The Morgan fingerprint density at radius 3 is 2.50 bits per heavy atom. The molecule has 0 saturated heterocycles. The van der Waals surface area contributed by atoms with Crippen LogP contribution in [0.5, 0.6) is 17.2 Å². The first kappa shape index (κ1) is 15.4. The van der Waals surface area contributed by atoms with Gasteiger partial charge < -0.3 is 14.2 Å². The molecule has 0 spiro atoms. The first-order chi connectivity index (χ1) is 10.7. The summed E-state index contributed by atoms with van der Waals surface area (Å²) in [5.74, 6) is 1.38. The fourth-order valence-corrected chi connectivity index (χ4v) is 2.10. The topological polar surface area (TPSA) is 97.2 Å². The first-order valence-electron chi connectivity index (χ1n) is 6.41. The fraction of sp³-hybridized carbons (Fsp3) is 0.267. The van der Waals surface area contributed by atoms with Gasteiger partial charge in [0, 0.05) is 11.1 Å². The van der Waals surface area contributed by atoms with Gasteiger partial charge in [0.25, 0.3) is 5.56 Å². The average molecular weight is 301 g/mol. The number of nitriles is 1. The number of hydrogen-bond donors (Lipinski definition) is 1. The minimum absolute atomic E-state index is 0.000455. The standard InChI is InChI=1S/C15H15N3O4/c1-20-12-5-4-10(13(21-2)14(12)22-3)11-8-9(6-7-16)15(19)18-17-11/h4-5,8H,6H2,1-3H3,(H,18,19). The summed E-state index contributed by atoms with van der Waals surface area (Å²) in [6, 6.07) is 6.97. The SMILES string of the molecule is COc1ccc(-c2cc(CC#N)c(=O)[nH]n2)c(OC)c1OC. The zero-order valence-electron chi connectivity index (χ0n) is 12.5. The molecule has 0 radical (unpaired) electrons. The van der Waals surface area contributed by atoms with Gasteiger partial charge in [-0.2, -0.15) is 10.4 Å². The quantitative estimate of drug-likeness (QED) is 0.899. The highest BCUT2D eigenvalue weighted by atomic mass is 16.5. The second kappa shape index (κ2) is 6.63. The van der Waals surface area contributed by atoms with Crippen LogP contribution in [0, 0.1) is 11.3 Å². The number of aromatic amines is 1. The van der Waals surface area contributed by atoms with Gasteiger partial charge in [-0.05, 0) is 18.2 Å². The zero-order chi connectivity index (χ0) is 16.1. The number of nitrogens with one attached hydrogen (secondary N) is 1. The number of H-pyrrole nitrogens is 1. The third-order valence-corrected chi connectivity index (χ3v) is 3.13. The Bertz CT molecular complexity index is 777. The molecule has 0 amide bonds. The minimum atomic E-state index is -0.384. The van der Waals surface area contributed by atoms with Gasteiger partial charge in [0.1, 0.15) is 0 Å². The number of ether oxygens (including phenoxy) is 3. The molecular formula is C15H15N3O4. The zero-order valence-corrected chi connectivity index (χ0v) is 12.5. The fourth-order valence-electron chi connectivity index (χ4n) is 2.10. The Labute approximate surface area is 127 Å². The number of rotatable bonds is 5. The van der Waals surface area contributed by atoms with Crippen molar-refractivity contribution in [2.75, 3.05) is 21.3 Å². The van der Waals surface area contributed by atoms with E-state index >= 15 is 0 Å². The molecular weight excluding hydrogens is 286 g/mol. The van der Waals surface area contributed by atoms with Gasteiger partial charge in [-0.1, -0.05) is 0 Å². The van der Waals surface area contributed by atoms with Crippen LogP contribution in [0.2, 0.25) is 0 Å². The highest BCUT2D eigenvalue weighted by Crippen LogP contribution is 2.43. The molecule has 7 nitrogen and oxygen atoms in total. The Hall–Kier alpha value is -3.01. The summed E-state index contributed by atoms with van der Waals surface area (Å²) in [6.07, 6.45) is 0.000455. The maximum absolute atomic E-state index is 11.6. The van der Waals surface area contributed by atoms with E-state index < -0.39 is 0 Å². The second-order valence-corrected chi connectivity index (χ2v) is 4.32. The van der Waals surface area contributed by atoms with Crippen molar-refractivity contribution < 1.29 is 14.2 Å². The lowest BCUT2D eigenvalue weighted by Crippen LogP contribution is -2.14. The van der Waals surface area contributed by atoms with Gasteiger partial charge in [0.15, 0.2) is 11.5 Å². The summed E-state index contributed by atoms with van der Waals surface area (Å²) in [4.78, 5) is 11.6. The third-order valence-electron chi connectivity index (χ3n) is 3.13. The van der Waals surface area contributed by atoms with E-state index in [1.807, 2.05) is 6.07 Å². The number of aromatic nitrogens is 2. The van der Waals surface area contributed by atoms with Gasteiger partial charge in [-0.25, -0.2) is 5.10 Å². The van der Waals surface area contributed by atoms with Crippen LogP contribution in [0.4, 0.5) is 0 Å². The lowest BCUT2D eigenvalue weighted by Gasteiger charge is -2.15. The summed E-state index contributed by atoms with van der Waals surface area (Å²) in [7, 11) is 4.54. The minimum Gasteiger partial charge on any atom is -0.493 e. The molecule has 0 aliphatic rings. The molecule has 1 heterocycles. The van der Waals surface area contributed by atoms with Crippen LogP contribution in [0.15, 0.2) is 23.0 Å². The van der Waals surface area contributed by atoms with E-state index in [0.29, 0.717) is 34.1 Å². The summed E-state index contributed by atoms with van der Waals surface area (Å²) in [5.41, 5.74) is 1.05. The lowest BCUT2D eigenvalue weighted by atomic mass is 10.1. The van der Waals surface area contributed by atoms with E-state index in [1.165, 1.54) is 21.3 Å². The molecule has 0 aliphatic carbocycles. The van der Waals surface area contributed by atoms with E-state index in [-0.39, 0.29) is 12.0 Å². The largest absolute Gasteiger partial charge is 0.493 e.